The van der Waals surface area contributed by atoms with Gasteiger partial charge in [0.15, 0.2) is 5.75 Å². The van der Waals surface area contributed by atoms with Crippen molar-refractivity contribution in [1.29, 1.82) is 0 Å². The van der Waals surface area contributed by atoms with Crippen LogP contribution in [-0.4, -0.2) is 18.7 Å². The van der Waals surface area contributed by atoms with Crippen LogP contribution >= 0.6 is 11.3 Å². The number of methoxy groups -OCH3 is 1. The summed E-state index contributed by atoms with van der Waals surface area (Å²) in [6.07, 6.45) is 3.19. The molecule has 4 aromatic rings. The average Bonchev–Trinajstić information content (AvgIpc) is 3.16. The lowest BCUT2D eigenvalue weighted by atomic mass is 10.0. The molecule has 5 heteroatoms. The quantitative estimate of drug-likeness (QED) is 0.203. The fraction of sp³-hybridized carbons (Fsp3) is 0.233. The average molecular weight is 487 g/mol. The van der Waals surface area contributed by atoms with Gasteiger partial charge in [-0.2, -0.15) is 0 Å². The van der Waals surface area contributed by atoms with Gasteiger partial charge in [-0.1, -0.05) is 35.9 Å². The second kappa shape index (κ2) is 9.96. The minimum absolute atomic E-state index is 0.365. The van der Waals surface area contributed by atoms with Crippen LogP contribution in [-0.2, 0) is 9.53 Å². The highest BCUT2D eigenvalue weighted by Crippen LogP contribution is 2.48. The second-order valence-corrected chi connectivity index (χ2v) is 10.5. The highest BCUT2D eigenvalue weighted by molar-refractivity contribution is 7.22. The third-order valence-corrected chi connectivity index (χ3v) is 6.58. The van der Waals surface area contributed by atoms with Crippen molar-refractivity contribution in [3.05, 3.63) is 83.4 Å². The van der Waals surface area contributed by atoms with E-state index < -0.39 is 5.60 Å². The van der Waals surface area contributed by atoms with Gasteiger partial charge in [-0.3, -0.25) is 0 Å². The molecule has 1 aromatic heterocycles. The number of esters is 1. The molecule has 0 unspecified atom stereocenters. The number of rotatable bonds is 6. The summed E-state index contributed by atoms with van der Waals surface area (Å²) in [7, 11) is 1.68. The second-order valence-electron chi connectivity index (χ2n) is 9.48. The zero-order chi connectivity index (χ0) is 25.2. The number of thiophene rings is 1. The SMILES string of the molecule is COc1ccc2c(Oc3ccc(/C=C/C(=O)OC(C)(C)C)cc3)c(-c3cc(C)ccc3C)sc2c1. The molecule has 0 spiro atoms. The molecule has 0 aliphatic heterocycles. The van der Waals surface area contributed by atoms with E-state index in [2.05, 4.69) is 32.0 Å². The van der Waals surface area contributed by atoms with Crippen LogP contribution in [0.1, 0.15) is 37.5 Å². The first-order valence-corrected chi connectivity index (χ1v) is 12.3. The lowest BCUT2D eigenvalue weighted by Crippen LogP contribution is -2.22. The molecule has 0 aliphatic rings. The Balaban J connectivity index is 1.67. The molecule has 0 saturated heterocycles. The third-order valence-electron chi connectivity index (χ3n) is 5.41. The first-order valence-electron chi connectivity index (χ1n) is 11.5. The number of benzene rings is 3. The fourth-order valence-electron chi connectivity index (χ4n) is 3.70. The van der Waals surface area contributed by atoms with E-state index in [1.54, 1.807) is 24.5 Å². The maximum atomic E-state index is 12.0. The maximum Gasteiger partial charge on any atom is 0.331 e. The fourth-order valence-corrected chi connectivity index (χ4v) is 4.94. The van der Waals surface area contributed by atoms with Gasteiger partial charge in [-0.15, -0.1) is 11.3 Å². The number of hydrogen-bond acceptors (Lipinski definition) is 5. The number of ether oxygens (including phenoxy) is 3. The summed E-state index contributed by atoms with van der Waals surface area (Å²) < 4.78 is 18.4. The molecule has 4 nitrogen and oxygen atoms in total. The van der Waals surface area contributed by atoms with Crippen LogP contribution in [0.5, 0.6) is 17.2 Å². The summed E-state index contributed by atoms with van der Waals surface area (Å²) in [5, 5.41) is 1.04. The van der Waals surface area contributed by atoms with E-state index in [1.165, 1.54) is 17.2 Å². The number of fused-ring (bicyclic) bond motifs is 1. The van der Waals surface area contributed by atoms with E-state index in [4.69, 9.17) is 14.2 Å². The zero-order valence-corrected chi connectivity index (χ0v) is 21.8. The molecule has 0 amide bonds. The Morgan fingerprint density at radius 2 is 1.63 bits per heavy atom. The summed E-state index contributed by atoms with van der Waals surface area (Å²) in [6.45, 7) is 9.77. The molecule has 3 aromatic carbocycles. The maximum absolute atomic E-state index is 12.0. The predicted octanol–water partition coefficient (Wildman–Crippen LogP) is 8.34. The molecule has 0 fully saturated rings. The molecule has 35 heavy (non-hydrogen) atoms. The molecule has 180 valence electrons. The Bertz CT molecular complexity index is 1390. The van der Waals surface area contributed by atoms with Crippen LogP contribution in [0.4, 0.5) is 0 Å². The van der Waals surface area contributed by atoms with Crippen LogP contribution in [0.25, 0.3) is 26.6 Å². The van der Waals surface area contributed by atoms with E-state index in [9.17, 15) is 4.79 Å². The summed E-state index contributed by atoms with van der Waals surface area (Å²) in [4.78, 5) is 13.0. The summed E-state index contributed by atoms with van der Waals surface area (Å²) in [6, 6.07) is 20.2. The summed E-state index contributed by atoms with van der Waals surface area (Å²) in [5.41, 5.74) is 3.93. The van der Waals surface area contributed by atoms with Crippen molar-refractivity contribution in [2.45, 2.75) is 40.2 Å². The minimum Gasteiger partial charge on any atom is -0.497 e. The van der Waals surface area contributed by atoms with E-state index in [-0.39, 0.29) is 5.97 Å². The van der Waals surface area contributed by atoms with Crippen molar-refractivity contribution < 1.29 is 19.0 Å². The molecule has 0 N–H and O–H groups in total. The van der Waals surface area contributed by atoms with Crippen LogP contribution in [0, 0.1) is 13.8 Å². The summed E-state index contributed by atoms with van der Waals surface area (Å²) >= 11 is 1.70. The highest BCUT2D eigenvalue weighted by Gasteiger charge is 2.19. The lowest BCUT2D eigenvalue weighted by molar-refractivity contribution is -0.148. The zero-order valence-electron chi connectivity index (χ0n) is 21.0. The smallest absolute Gasteiger partial charge is 0.331 e. The molecule has 0 atom stereocenters. The van der Waals surface area contributed by atoms with Crippen molar-refractivity contribution in [3.63, 3.8) is 0 Å². The number of carbonyl (C=O) groups is 1. The van der Waals surface area contributed by atoms with Gasteiger partial charge in [-0.05, 0) is 87.7 Å². The van der Waals surface area contributed by atoms with Crippen LogP contribution < -0.4 is 9.47 Å². The minimum atomic E-state index is -0.514. The number of carbonyl (C=O) groups excluding carboxylic acids is 1. The first kappa shape index (κ1) is 24.6. The van der Waals surface area contributed by atoms with Gasteiger partial charge in [-0.25, -0.2) is 4.79 Å². The van der Waals surface area contributed by atoms with Crippen molar-refractivity contribution in [3.8, 4) is 27.7 Å². The van der Waals surface area contributed by atoms with E-state index in [0.717, 1.165) is 43.3 Å². The van der Waals surface area contributed by atoms with Crippen LogP contribution in [0.3, 0.4) is 0 Å². The Morgan fingerprint density at radius 3 is 2.31 bits per heavy atom. The van der Waals surface area contributed by atoms with Gasteiger partial charge in [0, 0.05) is 16.2 Å². The van der Waals surface area contributed by atoms with Crippen molar-refractivity contribution >= 4 is 33.5 Å². The van der Waals surface area contributed by atoms with Gasteiger partial charge < -0.3 is 14.2 Å². The monoisotopic (exact) mass is 486 g/mol. The Morgan fingerprint density at radius 1 is 0.914 bits per heavy atom. The topological polar surface area (TPSA) is 44.8 Å². The van der Waals surface area contributed by atoms with E-state index >= 15 is 0 Å². The van der Waals surface area contributed by atoms with Crippen LogP contribution in [0.2, 0.25) is 0 Å². The van der Waals surface area contributed by atoms with Gasteiger partial charge in [0.25, 0.3) is 0 Å². The molecule has 1 heterocycles. The largest absolute Gasteiger partial charge is 0.497 e. The van der Waals surface area contributed by atoms with Gasteiger partial charge >= 0.3 is 5.97 Å². The Kier molecular flexibility index (Phi) is 6.99. The number of aryl methyl sites for hydroxylation is 2. The summed E-state index contributed by atoms with van der Waals surface area (Å²) in [5.74, 6) is 2.01. The molecule has 0 radical (unpaired) electrons. The predicted molar refractivity (Wildman–Crippen MR) is 145 cm³/mol. The molecule has 0 aliphatic carbocycles. The molecular weight excluding hydrogens is 456 g/mol. The first-order chi connectivity index (χ1) is 16.6. The van der Waals surface area contributed by atoms with Crippen molar-refractivity contribution in [2.75, 3.05) is 7.11 Å². The van der Waals surface area contributed by atoms with Crippen LogP contribution in [0.15, 0.2) is 66.7 Å². The normalized spacial score (nSPS) is 11.7. The Hall–Kier alpha value is -3.57. The van der Waals surface area contributed by atoms with Gasteiger partial charge in [0.2, 0.25) is 0 Å². The third kappa shape index (κ3) is 5.92. The standard InChI is InChI=1S/C30H30O4S/c1-19-7-8-20(2)25(17-19)29-28(24-15-14-23(32-6)18-26(24)35-29)33-22-12-9-21(10-13-22)11-16-27(31)34-30(3,4)5/h7-18H,1-6H3/b16-11+. The Labute approximate surface area is 210 Å². The molecule has 4 rings (SSSR count). The highest BCUT2D eigenvalue weighted by atomic mass is 32.1. The number of hydrogen-bond donors (Lipinski definition) is 0. The lowest BCUT2D eigenvalue weighted by Gasteiger charge is -2.17. The van der Waals surface area contributed by atoms with Crippen molar-refractivity contribution in [2.24, 2.45) is 0 Å². The molecule has 0 bridgehead atoms. The van der Waals surface area contributed by atoms with Crippen molar-refractivity contribution in [1.82, 2.24) is 0 Å². The van der Waals surface area contributed by atoms with Gasteiger partial charge in [0.05, 0.1) is 12.0 Å². The van der Waals surface area contributed by atoms with E-state index in [0.29, 0.717) is 0 Å². The molecule has 0 saturated carbocycles. The van der Waals surface area contributed by atoms with E-state index in [1.807, 2.05) is 63.2 Å². The van der Waals surface area contributed by atoms with Gasteiger partial charge in [0.1, 0.15) is 17.1 Å². The molecular formula is C30H30O4S.